The van der Waals surface area contributed by atoms with E-state index in [9.17, 15) is 14.9 Å². The Bertz CT molecular complexity index is 904. The molecule has 0 aliphatic rings. The number of methoxy groups -OCH3 is 1. The van der Waals surface area contributed by atoms with Crippen molar-refractivity contribution in [1.29, 1.82) is 0 Å². The smallest absolute Gasteiger partial charge is 0.272 e. The van der Waals surface area contributed by atoms with Crippen LogP contribution in [0.3, 0.4) is 0 Å². The van der Waals surface area contributed by atoms with E-state index in [-0.39, 0.29) is 17.9 Å². The van der Waals surface area contributed by atoms with Crippen molar-refractivity contribution >= 4 is 22.5 Å². The van der Waals surface area contributed by atoms with Crippen LogP contribution in [0.2, 0.25) is 0 Å². The maximum atomic E-state index is 12.3. The zero-order valence-electron chi connectivity index (χ0n) is 12.6. The molecule has 0 aliphatic carbocycles. The van der Waals surface area contributed by atoms with Crippen LogP contribution in [0.5, 0.6) is 5.88 Å². The monoisotopic (exact) mass is 327 g/mol. The quantitative estimate of drug-likeness (QED) is 0.544. The third-order valence-electron chi connectivity index (χ3n) is 3.43. The van der Waals surface area contributed by atoms with Crippen LogP contribution in [0.25, 0.3) is 10.9 Å². The molecule has 0 aliphatic heterocycles. The van der Waals surface area contributed by atoms with Crippen LogP contribution in [0, 0.1) is 10.1 Å². The lowest BCUT2D eigenvalue weighted by molar-refractivity contribution is -0.384. The maximum Gasteiger partial charge on any atom is 0.272 e. The lowest BCUT2D eigenvalue weighted by Gasteiger charge is -2.04. The summed E-state index contributed by atoms with van der Waals surface area (Å²) < 4.78 is 4.96. The number of nitro groups is 1. The van der Waals surface area contributed by atoms with E-state index in [0.717, 1.165) is 5.56 Å². The predicted molar refractivity (Wildman–Crippen MR) is 84.7 cm³/mol. The lowest BCUT2D eigenvalue weighted by atomic mass is 10.2. The molecular weight excluding hydrogens is 314 g/mol. The van der Waals surface area contributed by atoms with Gasteiger partial charge in [-0.15, -0.1) is 0 Å². The van der Waals surface area contributed by atoms with Gasteiger partial charge in [0.05, 0.1) is 17.5 Å². The molecule has 0 bridgehead atoms. The second kappa shape index (κ2) is 6.32. The van der Waals surface area contributed by atoms with E-state index in [1.807, 2.05) is 0 Å². The van der Waals surface area contributed by atoms with Gasteiger partial charge in [-0.2, -0.15) is 5.10 Å². The number of nitrogens with one attached hydrogen (secondary N) is 2. The summed E-state index contributed by atoms with van der Waals surface area (Å²) >= 11 is 0. The van der Waals surface area contributed by atoms with E-state index in [1.54, 1.807) is 18.3 Å². The van der Waals surface area contributed by atoms with E-state index in [2.05, 4.69) is 20.5 Å². The largest absolute Gasteiger partial charge is 0.481 e. The number of ether oxygens (including phenoxy) is 1. The van der Waals surface area contributed by atoms with E-state index >= 15 is 0 Å². The Kier molecular flexibility index (Phi) is 4.06. The van der Waals surface area contributed by atoms with Gasteiger partial charge in [-0.05, 0) is 11.6 Å². The molecule has 3 rings (SSSR count). The third kappa shape index (κ3) is 3.00. The van der Waals surface area contributed by atoms with E-state index < -0.39 is 10.8 Å². The first-order chi connectivity index (χ1) is 11.6. The number of amides is 1. The summed E-state index contributed by atoms with van der Waals surface area (Å²) in [6.45, 7) is 0.249. The van der Waals surface area contributed by atoms with Crippen molar-refractivity contribution < 1.29 is 14.5 Å². The third-order valence-corrected chi connectivity index (χ3v) is 3.43. The zero-order chi connectivity index (χ0) is 17.1. The Morgan fingerprint density at radius 2 is 2.21 bits per heavy atom. The highest BCUT2D eigenvalue weighted by Gasteiger charge is 2.17. The number of aromatic nitrogens is 3. The van der Waals surface area contributed by atoms with Gasteiger partial charge >= 0.3 is 0 Å². The number of nitrogens with zero attached hydrogens (tertiary/aromatic N) is 3. The van der Waals surface area contributed by atoms with Crippen molar-refractivity contribution in [3.05, 3.63) is 57.9 Å². The second-order valence-electron chi connectivity index (χ2n) is 4.95. The Morgan fingerprint density at radius 3 is 2.88 bits per heavy atom. The number of rotatable bonds is 5. The molecule has 2 N–H and O–H groups in total. The van der Waals surface area contributed by atoms with E-state index in [4.69, 9.17) is 4.74 Å². The number of H-pyrrole nitrogens is 1. The van der Waals surface area contributed by atoms with Crippen molar-refractivity contribution in [2.24, 2.45) is 0 Å². The average molecular weight is 327 g/mol. The molecule has 9 heteroatoms. The van der Waals surface area contributed by atoms with Crippen molar-refractivity contribution in [3.8, 4) is 5.88 Å². The predicted octanol–water partition coefficient (Wildman–Crippen LogP) is 1.80. The molecule has 3 aromatic rings. The minimum absolute atomic E-state index is 0.0997. The van der Waals surface area contributed by atoms with Gasteiger partial charge in [-0.25, -0.2) is 4.98 Å². The van der Waals surface area contributed by atoms with Crippen molar-refractivity contribution in [2.45, 2.75) is 6.54 Å². The molecule has 0 fully saturated rings. The second-order valence-corrected chi connectivity index (χ2v) is 4.95. The molecule has 24 heavy (non-hydrogen) atoms. The molecule has 0 saturated heterocycles. The number of nitro benzene ring substituents is 1. The fraction of sp³-hybridized carbons (Fsp3) is 0.133. The number of carbonyl (C=O) groups excluding carboxylic acids is 1. The molecule has 0 saturated carbocycles. The highest BCUT2D eigenvalue weighted by molar-refractivity contribution is 6.05. The van der Waals surface area contributed by atoms with Crippen molar-refractivity contribution in [2.75, 3.05) is 7.11 Å². The number of carbonyl (C=O) groups is 1. The topological polar surface area (TPSA) is 123 Å². The summed E-state index contributed by atoms with van der Waals surface area (Å²) in [5.41, 5.74) is 1.35. The first-order valence-electron chi connectivity index (χ1n) is 6.98. The van der Waals surface area contributed by atoms with Gasteiger partial charge in [0.1, 0.15) is 0 Å². The number of fused-ring (bicyclic) bond motifs is 1. The number of non-ortho nitro benzene ring substituents is 1. The minimum atomic E-state index is -0.517. The standard InChI is InChI=1S/C15H13N5O4/c1-24-13-5-2-9(7-16-13)8-17-15(21)14-11-6-10(20(22)23)3-4-12(11)18-19-14/h2-7H,8H2,1H3,(H,17,21)(H,18,19). The molecule has 0 spiro atoms. The Hall–Kier alpha value is -3.49. The summed E-state index contributed by atoms with van der Waals surface area (Å²) in [5, 5.41) is 20.6. The lowest BCUT2D eigenvalue weighted by Crippen LogP contribution is -2.23. The molecule has 2 heterocycles. The molecule has 0 unspecified atom stereocenters. The van der Waals surface area contributed by atoms with Gasteiger partial charge in [0.2, 0.25) is 5.88 Å². The van der Waals surface area contributed by atoms with Crippen LogP contribution in [0.4, 0.5) is 5.69 Å². The number of pyridine rings is 1. The molecule has 122 valence electrons. The van der Waals surface area contributed by atoms with Crippen LogP contribution >= 0.6 is 0 Å². The Labute approximate surface area is 135 Å². The summed E-state index contributed by atoms with van der Waals surface area (Å²) in [6.07, 6.45) is 1.59. The number of hydrogen-bond acceptors (Lipinski definition) is 6. The first kappa shape index (κ1) is 15.4. The van der Waals surface area contributed by atoms with Crippen LogP contribution in [-0.4, -0.2) is 33.1 Å². The molecule has 1 aromatic carbocycles. The Balaban J connectivity index is 1.77. The van der Waals surface area contributed by atoms with Crippen LogP contribution in [0.1, 0.15) is 16.1 Å². The summed E-state index contributed by atoms with van der Waals surface area (Å²) in [4.78, 5) is 26.7. The van der Waals surface area contributed by atoms with Gasteiger partial charge in [0, 0.05) is 36.3 Å². The average Bonchev–Trinajstić information content (AvgIpc) is 3.03. The van der Waals surface area contributed by atoms with Crippen LogP contribution < -0.4 is 10.1 Å². The normalized spacial score (nSPS) is 10.5. The van der Waals surface area contributed by atoms with Gasteiger partial charge < -0.3 is 10.1 Å². The fourth-order valence-electron chi connectivity index (χ4n) is 2.19. The summed E-state index contributed by atoms with van der Waals surface area (Å²) in [7, 11) is 1.52. The number of hydrogen-bond donors (Lipinski definition) is 2. The van der Waals surface area contributed by atoms with Gasteiger partial charge in [-0.1, -0.05) is 6.07 Å². The van der Waals surface area contributed by atoms with Crippen LogP contribution in [0.15, 0.2) is 36.5 Å². The highest BCUT2D eigenvalue weighted by atomic mass is 16.6. The number of benzene rings is 1. The van der Waals surface area contributed by atoms with Crippen LogP contribution in [-0.2, 0) is 6.54 Å². The molecule has 0 radical (unpaired) electrons. The van der Waals surface area contributed by atoms with E-state index in [0.29, 0.717) is 16.8 Å². The van der Waals surface area contributed by atoms with Crippen molar-refractivity contribution in [1.82, 2.24) is 20.5 Å². The zero-order valence-corrected chi connectivity index (χ0v) is 12.6. The van der Waals surface area contributed by atoms with Crippen molar-refractivity contribution in [3.63, 3.8) is 0 Å². The Morgan fingerprint density at radius 1 is 1.38 bits per heavy atom. The summed E-state index contributed by atoms with van der Waals surface area (Å²) in [6, 6.07) is 7.66. The first-order valence-corrected chi connectivity index (χ1v) is 6.98. The highest BCUT2D eigenvalue weighted by Crippen LogP contribution is 2.22. The molecule has 9 nitrogen and oxygen atoms in total. The molecule has 1 amide bonds. The maximum absolute atomic E-state index is 12.3. The fourth-order valence-corrected chi connectivity index (χ4v) is 2.19. The van der Waals surface area contributed by atoms with E-state index in [1.165, 1.54) is 25.3 Å². The van der Waals surface area contributed by atoms with Gasteiger partial charge in [-0.3, -0.25) is 20.0 Å². The minimum Gasteiger partial charge on any atom is -0.481 e. The molecule has 0 atom stereocenters. The molecule has 2 aromatic heterocycles. The van der Waals surface area contributed by atoms with Gasteiger partial charge in [0.25, 0.3) is 11.6 Å². The number of aromatic amines is 1. The van der Waals surface area contributed by atoms with Gasteiger partial charge in [0.15, 0.2) is 5.69 Å². The summed E-state index contributed by atoms with van der Waals surface area (Å²) in [5.74, 6) is 0.0493. The molecular formula is C15H13N5O4. The SMILES string of the molecule is COc1ccc(CNC(=O)c2n[nH]c3ccc([N+](=O)[O-])cc23)cn1.